The molecule has 2 rings (SSSR count). The van der Waals surface area contributed by atoms with Crippen LogP contribution in [0.5, 0.6) is 0 Å². The number of carbonyl (C=O) groups excluding carboxylic acids is 1. The fraction of sp³-hybridized carbons (Fsp3) is 0.0769. The van der Waals surface area contributed by atoms with Crippen LogP contribution in [-0.4, -0.2) is 21.0 Å². The molecule has 1 amide bonds. The molecule has 0 atom stereocenters. The molecule has 0 spiro atoms. The molecule has 0 bridgehead atoms. The van der Waals surface area contributed by atoms with E-state index in [9.17, 15) is 14.9 Å². The second-order valence-electron chi connectivity index (χ2n) is 4.10. The van der Waals surface area contributed by atoms with E-state index in [2.05, 4.69) is 15.5 Å². The fourth-order valence-corrected chi connectivity index (χ4v) is 2.14. The minimum absolute atomic E-state index is 0.119. The largest absolute Gasteiger partial charge is 0.296 e. The van der Waals surface area contributed by atoms with E-state index in [1.807, 2.05) is 0 Å². The van der Waals surface area contributed by atoms with Gasteiger partial charge in [-0.05, 0) is 18.6 Å². The Morgan fingerprint density at radius 1 is 1.50 bits per heavy atom. The molecule has 1 heterocycles. The zero-order valence-electron chi connectivity index (χ0n) is 11.3. The third-order valence-corrected chi connectivity index (χ3v) is 3.26. The molecule has 0 aliphatic heterocycles. The Morgan fingerprint density at radius 3 is 2.86 bits per heavy atom. The number of non-ortho nitro benzene ring substituents is 1. The zero-order valence-corrected chi connectivity index (χ0v) is 12.1. The molecule has 110 valence electrons. The number of benzene rings is 1. The van der Waals surface area contributed by atoms with Gasteiger partial charge in [-0.2, -0.15) is 5.26 Å². The number of hydrogen-bond acceptors (Lipinski definition) is 7. The van der Waals surface area contributed by atoms with E-state index in [0.29, 0.717) is 10.6 Å². The van der Waals surface area contributed by atoms with Crippen LogP contribution < -0.4 is 5.32 Å². The number of nitrogens with one attached hydrogen (secondary N) is 1. The maximum Gasteiger partial charge on any atom is 0.270 e. The summed E-state index contributed by atoms with van der Waals surface area (Å²) >= 11 is 1.18. The van der Waals surface area contributed by atoms with Gasteiger partial charge in [-0.15, -0.1) is 10.2 Å². The third kappa shape index (κ3) is 3.71. The number of anilines is 1. The topological polar surface area (TPSA) is 122 Å². The Kier molecular flexibility index (Phi) is 4.55. The van der Waals surface area contributed by atoms with Crippen LogP contribution in [-0.2, 0) is 4.79 Å². The summed E-state index contributed by atoms with van der Waals surface area (Å²) in [5.41, 5.74) is 0.0777. The minimum atomic E-state index is -0.648. The summed E-state index contributed by atoms with van der Waals surface area (Å²) < 4.78 is 0. The summed E-state index contributed by atoms with van der Waals surface area (Å²) in [6, 6.07) is 7.41. The number of nitro groups is 1. The van der Waals surface area contributed by atoms with Gasteiger partial charge in [-0.3, -0.25) is 20.2 Å². The van der Waals surface area contributed by atoms with Crippen LogP contribution >= 0.6 is 11.3 Å². The average molecular weight is 315 g/mol. The number of aryl methyl sites for hydroxylation is 1. The van der Waals surface area contributed by atoms with Crippen molar-refractivity contribution < 1.29 is 9.72 Å². The number of aromatic nitrogens is 2. The van der Waals surface area contributed by atoms with Gasteiger partial charge in [-0.25, -0.2) is 0 Å². The van der Waals surface area contributed by atoms with Crippen molar-refractivity contribution in [3.63, 3.8) is 0 Å². The molecule has 2 aromatic rings. The molecule has 22 heavy (non-hydrogen) atoms. The Morgan fingerprint density at radius 2 is 2.27 bits per heavy atom. The monoisotopic (exact) mass is 315 g/mol. The van der Waals surface area contributed by atoms with Gasteiger partial charge in [0.1, 0.15) is 16.6 Å². The van der Waals surface area contributed by atoms with E-state index in [0.717, 1.165) is 0 Å². The summed E-state index contributed by atoms with van der Waals surface area (Å²) in [6.07, 6.45) is 1.27. The van der Waals surface area contributed by atoms with E-state index >= 15 is 0 Å². The van der Waals surface area contributed by atoms with Gasteiger partial charge in [0.15, 0.2) is 0 Å². The molecule has 1 aromatic carbocycles. The highest BCUT2D eigenvalue weighted by Crippen LogP contribution is 2.18. The molecule has 0 aliphatic carbocycles. The van der Waals surface area contributed by atoms with Gasteiger partial charge in [-0.1, -0.05) is 23.5 Å². The van der Waals surface area contributed by atoms with Crippen molar-refractivity contribution >= 4 is 34.1 Å². The Hall–Kier alpha value is -3.12. The molecule has 0 radical (unpaired) electrons. The molecule has 9 heteroatoms. The number of hydrogen-bond donors (Lipinski definition) is 1. The van der Waals surface area contributed by atoms with Gasteiger partial charge in [0, 0.05) is 12.1 Å². The zero-order chi connectivity index (χ0) is 16.1. The number of nitro benzene ring substituents is 1. The van der Waals surface area contributed by atoms with Crippen LogP contribution in [0.4, 0.5) is 10.8 Å². The highest BCUT2D eigenvalue weighted by Gasteiger charge is 2.13. The minimum Gasteiger partial charge on any atom is -0.296 e. The first-order valence-corrected chi connectivity index (χ1v) is 6.79. The number of carbonyl (C=O) groups is 1. The van der Waals surface area contributed by atoms with E-state index in [1.165, 1.54) is 35.6 Å². The van der Waals surface area contributed by atoms with E-state index in [-0.39, 0.29) is 16.4 Å². The van der Waals surface area contributed by atoms with Crippen molar-refractivity contribution in [2.45, 2.75) is 6.92 Å². The van der Waals surface area contributed by atoms with Crippen LogP contribution in [0.2, 0.25) is 0 Å². The molecule has 0 saturated carbocycles. The maximum atomic E-state index is 12.0. The van der Waals surface area contributed by atoms with Crippen molar-refractivity contribution in [3.8, 4) is 6.07 Å². The summed E-state index contributed by atoms with van der Waals surface area (Å²) in [5.74, 6) is -0.648. The number of amides is 1. The van der Waals surface area contributed by atoms with E-state index in [1.54, 1.807) is 19.1 Å². The van der Waals surface area contributed by atoms with Crippen molar-refractivity contribution in [1.82, 2.24) is 10.2 Å². The maximum absolute atomic E-state index is 12.0. The van der Waals surface area contributed by atoms with Crippen LogP contribution in [0.25, 0.3) is 6.08 Å². The molecular weight excluding hydrogens is 306 g/mol. The summed E-state index contributed by atoms with van der Waals surface area (Å²) in [5, 5.41) is 30.7. The molecule has 0 fully saturated rings. The lowest BCUT2D eigenvalue weighted by Gasteiger charge is -1.99. The molecule has 1 aromatic heterocycles. The van der Waals surface area contributed by atoms with Gasteiger partial charge in [0.05, 0.1) is 4.92 Å². The number of nitriles is 1. The third-order valence-electron chi connectivity index (χ3n) is 2.50. The number of nitrogens with zero attached hydrogens (tertiary/aromatic N) is 4. The second kappa shape index (κ2) is 6.55. The highest BCUT2D eigenvalue weighted by atomic mass is 32.1. The van der Waals surface area contributed by atoms with E-state index in [4.69, 9.17) is 5.26 Å². The Bertz CT molecular complexity index is 806. The van der Waals surface area contributed by atoms with Crippen LogP contribution in [0.3, 0.4) is 0 Å². The van der Waals surface area contributed by atoms with Crippen molar-refractivity contribution in [3.05, 3.63) is 50.5 Å². The quantitative estimate of drug-likeness (QED) is 0.400. The molecule has 1 N–H and O–H groups in total. The smallest absolute Gasteiger partial charge is 0.270 e. The van der Waals surface area contributed by atoms with Crippen LogP contribution in [0.15, 0.2) is 29.8 Å². The van der Waals surface area contributed by atoms with Crippen molar-refractivity contribution in [2.24, 2.45) is 0 Å². The van der Waals surface area contributed by atoms with E-state index < -0.39 is 10.8 Å². The fourth-order valence-electron chi connectivity index (χ4n) is 1.55. The molecular formula is C13H9N5O3S. The van der Waals surface area contributed by atoms with Crippen LogP contribution in [0.1, 0.15) is 10.6 Å². The lowest BCUT2D eigenvalue weighted by molar-refractivity contribution is -0.384. The van der Waals surface area contributed by atoms with Gasteiger partial charge >= 0.3 is 0 Å². The Labute approximate surface area is 128 Å². The first-order valence-electron chi connectivity index (χ1n) is 5.97. The second-order valence-corrected chi connectivity index (χ2v) is 5.28. The lowest BCUT2D eigenvalue weighted by atomic mass is 10.1. The SMILES string of the molecule is Cc1nnc(NC(=O)/C(C#N)=C/c2cccc([N+](=O)[O-])c2)s1. The van der Waals surface area contributed by atoms with Crippen molar-refractivity contribution in [1.29, 1.82) is 5.26 Å². The molecule has 0 aliphatic rings. The molecule has 8 nitrogen and oxygen atoms in total. The van der Waals surface area contributed by atoms with Gasteiger partial charge in [0.25, 0.3) is 11.6 Å². The standard InChI is InChI=1S/C13H9N5O3S/c1-8-16-17-13(22-8)15-12(19)10(7-14)5-9-3-2-4-11(6-9)18(20)21/h2-6H,1H3,(H,15,17,19)/b10-5+. The van der Waals surface area contributed by atoms with Crippen molar-refractivity contribution in [2.75, 3.05) is 5.32 Å². The summed E-state index contributed by atoms with van der Waals surface area (Å²) in [4.78, 5) is 22.1. The van der Waals surface area contributed by atoms with Crippen LogP contribution in [0, 0.1) is 28.4 Å². The summed E-state index contributed by atoms with van der Waals surface area (Å²) in [7, 11) is 0. The summed E-state index contributed by atoms with van der Waals surface area (Å²) in [6.45, 7) is 1.73. The highest BCUT2D eigenvalue weighted by molar-refractivity contribution is 7.15. The Balaban J connectivity index is 2.23. The predicted molar refractivity (Wildman–Crippen MR) is 80.0 cm³/mol. The first kappa shape index (κ1) is 15.3. The predicted octanol–water partition coefficient (Wildman–Crippen LogP) is 2.30. The molecule has 0 unspecified atom stereocenters. The number of rotatable bonds is 4. The average Bonchev–Trinajstić information content (AvgIpc) is 2.90. The molecule has 0 saturated heterocycles. The first-order chi connectivity index (χ1) is 10.5. The van der Waals surface area contributed by atoms with Gasteiger partial charge < -0.3 is 0 Å². The normalized spacial score (nSPS) is 10.8. The van der Waals surface area contributed by atoms with Gasteiger partial charge in [0.2, 0.25) is 5.13 Å². The lowest BCUT2D eigenvalue weighted by Crippen LogP contribution is -2.13.